The van der Waals surface area contributed by atoms with E-state index in [1.807, 2.05) is 12.1 Å². The van der Waals surface area contributed by atoms with E-state index < -0.39 is 11.7 Å². The molecule has 0 amide bonds. The molecule has 0 nitrogen and oxygen atoms in total. The quantitative estimate of drug-likeness (QED) is 0.629. The standard InChI is InChI=1S/C18H15F3/c1-11-10-14-4-3-5-16(17(14)12(11)2)13-6-8-15(9-7-13)18(19,20)21/h3-9H,10H2,1-2H3. The summed E-state index contributed by atoms with van der Waals surface area (Å²) in [4.78, 5) is 0. The Hall–Kier alpha value is -2.03. The highest BCUT2D eigenvalue weighted by atomic mass is 19.4. The van der Waals surface area contributed by atoms with Crippen LogP contribution in [0, 0.1) is 0 Å². The molecule has 0 aliphatic heterocycles. The molecule has 0 aromatic heterocycles. The fraction of sp³-hybridized carbons (Fsp3) is 0.222. The van der Waals surface area contributed by atoms with Gasteiger partial charge in [-0.25, -0.2) is 0 Å². The summed E-state index contributed by atoms with van der Waals surface area (Å²) < 4.78 is 37.9. The number of halogens is 3. The monoisotopic (exact) mass is 288 g/mol. The lowest BCUT2D eigenvalue weighted by Gasteiger charge is -2.12. The van der Waals surface area contributed by atoms with E-state index in [1.54, 1.807) is 12.1 Å². The van der Waals surface area contributed by atoms with E-state index in [9.17, 15) is 13.2 Å². The van der Waals surface area contributed by atoms with Gasteiger partial charge >= 0.3 is 6.18 Å². The molecule has 0 saturated heterocycles. The molecule has 2 aromatic carbocycles. The molecule has 0 N–H and O–H groups in total. The minimum absolute atomic E-state index is 0.609. The highest BCUT2D eigenvalue weighted by molar-refractivity contribution is 5.86. The lowest BCUT2D eigenvalue weighted by atomic mass is 9.93. The van der Waals surface area contributed by atoms with Gasteiger partial charge in [-0.15, -0.1) is 0 Å². The molecule has 0 unspecified atom stereocenters. The number of hydrogen-bond acceptors (Lipinski definition) is 0. The Bertz CT molecular complexity index is 719. The van der Waals surface area contributed by atoms with Gasteiger partial charge in [-0.1, -0.05) is 35.9 Å². The number of allylic oxidation sites excluding steroid dienone is 2. The molecular weight excluding hydrogens is 273 g/mol. The Kier molecular flexibility index (Phi) is 3.16. The van der Waals surface area contributed by atoms with Crippen LogP contribution in [-0.2, 0) is 12.6 Å². The maximum Gasteiger partial charge on any atom is 0.416 e. The molecule has 0 spiro atoms. The largest absolute Gasteiger partial charge is 0.416 e. The zero-order valence-electron chi connectivity index (χ0n) is 11.9. The fourth-order valence-electron chi connectivity index (χ4n) is 2.90. The maximum absolute atomic E-state index is 12.6. The molecule has 3 rings (SSSR count). The van der Waals surface area contributed by atoms with Crippen LogP contribution < -0.4 is 0 Å². The molecule has 1 aliphatic carbocycles. The van der Waals surface area contributed by atoms with Gasteiger partial charge < -0.3 is 0 Å². The number of alkyl halides is 3. The van der Waals surface area contributed by atoms with E-state index in [1.165, 1.54) is 22.3 Å². The number of hydrogen-bond donors (Lipinski definition) is 0. The van der Waals surface area contributed by atoms with Crippen LogP contribution in [0.15, 0.2) is 48.0 Å². The van der Waals surface area contributed by atoms with Crippen molar-refractivity contribution in [2.75, 3.05) is 0 Å². The van der Waals surface area contributed by atoms with Gasteiger partial charge in [0.25, 0.3) is 0 Å². The summed E-state index contributed by atoms with van der Waals surface area (Å²) in [5.74, 6) is 0. The highest BCUT2D eigenvalue weighted by Gasteiger charge is 2.30. The predicted molar refractivity (Wildman–Crippen MR) is 78.9 cm³/mol. The first-order valence-electron chi connectivity index (χ1n) is 6.84. The van der Waals surface area contributed by atoms with Gasteiger partial charge in [0.2, 0.25) is 0 Å². The third-order valence-corrected chi connectivity index (χ3v) is 4.14. The molecule has 0 atom stereocenters. The maximum atomic E-state index is 12.6. The van der Waals surface area contributed by atoms with Crippen molar-refractivity contribution >= 4 is 5.57 Å². The van der Waals surface area contributed by atoms with Crippen LogP contribution >= 0.6 is 0 Å². The molecule has 1 aliphatic rings. The number of fused-ring (bicyclic) bond motifs is 1. The van der Waals surface area contributed by atoms with Crippen molar-refractivity contribution < 1.29 is 13.2 Å². The molecule has 0 heterocycles. The van der Waals surface area contributed by atoms with Crippen LogP contribution in [0.25, 0.3) is 16.7 Å². The summed E-state index contributed by atoms with van der Waals surface area (Å²) in [6.07, 6.45) is -3.36. The van der Waals surface area contributed by atoms with Crippen LogP contribution in [0.1, 0.15) is 30.5 Å². The Morgan fingerprint density at radius 3 is 2.19 bits per heavy atom. The predicted octanol–water partition coefficient (Wildman–Crippen LogP) is 5.72. The Morgan fingerprint density at radius 2 is 1.57 bits per heavy atom. The Morgan fingerprint density at radius 1 is 0.905 bits per heavy atom. The Labute approximate surface area is 121 Å². The lowest BCUT2D eigenvalue weighted by Crippen LogP contribution is -2.04. The van der Waals surface area contributed by atoms with Crippen molar-refractivity contribution in [2.45, 2.75) is 26.4 Å². The van der Waals surface area contributed by atoms with Crippen LogP contribution in [0.4, 0.5) is 13.2 Å². The first-order chi connectivity index (χ1) is 9.88. The van der Waals surface area contributed by atoms with E-state index in [0.29, 0.717) is 0 Å². The summed E-state index contributed by atoms with van der Waals surface area (Å²) in [7, 11) is 0. The molecule has 0 bridgehead atoms. The molecule has 2 aromatic rings. The second kappa shape index (κ2) is 4.76. The second-order valence-corrected chi connectivity index (χ2v) is 5.50. The third kappa shape index (κ3) is 2.37. The van der Waals surface area contributed by atoms with Gasteiger partial charge in [-0.05, 0) is 60.2 Å². The van der Waals surface area contributed by atoms with E-state index in [0.717, 1.165) is 29.7 Å². The third-order valence-electron chi connectivity index (χ3n) is 4.14. The van der Waals surface area contributed by atoms with Crippen LogP contribution in [0.5, 0.6) is 0 Å². The number of rotatable bonds is 1. The van der Waals surface area contributed by atoms with Crippen molar-refractivity contribution in [1.82, 2.24) is 0 Å². The number of benzene rings is 2. The lowest BCUT2D eigenvalue weighted by molar-refractivity contribution is -0.137. The van der Waals surface area contributed by atoms with Gasteiger partial charge in [0.1, 0.15) is 0 Å². The fourth-order valence-corrected chi connectivity index (χ4v) is 2.90. The normalized spacial score (nSPS) is 14.5. The van der Waals surface area contributed by atoms with Crippen LogP contribution in [0.3, 0.4) is 0 Å². The highest BCUT2D eigenvalue weighted by Crippen LogP contribution is 2.39. The SMILES string of the molecule is CC1=C(C)c2c(cccc2-c2ccc(C(F)(F)F)cc2)C1. The molecule has 0 radical (unpaired) electrons. The van der Waals surface area contributed by atoms with Crippen LogP contribution in [0.2, 0.25) is 0 Å². The molecular formula is C18H15F3. The molecule has 3 heteroatoms. The van der Waals surface area contributed by atoms with Crippen LogP contribution in [-0.4, -0.2) is 0 Å². The zero-order valence-corrected chi connectivity index (χ0v) is 11.9. The molecule has 0 saturated carbocycles. The molecule has 108 valence electrons. The smallest absolute Gasteiger partial charge is 0.166 e. The second-order valence-electron chi connectivity index (χ2n) is 5.50. The van der Waals surface area contributed by atoms with Crippen molar-refractivity contribution in [1.29, 1.82) is 0 Å². The summed E-state index contributed by atoms with van der Waals surface area (Å²) >= 11 is 0. The average Bonchev–Trinajstić information content (AvgIpc) is 2.73. The first-order valence-corrected chi connectivity index (χ1v) is 6.84. The van der Waals surface area contributed by atoms with Gasteiger partial charge in [0.05, 0.1) is 5.56 Å². The first kappa shape index (κ1) is 13.9. The van der Waals surface area contributed by atoms with Crippen molar-refractivity contribution in [3.8, 4) is 11.1 Å². The van der Waals surface area contributed by atoms with E-state index in [2.05, 4.69) is 19.9 Å². The summed E-state index contributed by atoms with van der Waals surface area (Å²) in [6, 6.07) is 11.4. The van der Waals surface area contributed by atoms with Crippen molar-refractivity contribution in [2.24, 2.45) is 0 Å². The topological polar surface area (TPSA) is 0 Å². The van der Waals surface area contributed by atoms with Crippen molar-refractivity contribution in [3.05, 3.63) is 64.7 Å². The summed E-state index contributed by atoms with van der Waals surface area (Å²) in [5.41, 5.74) is 6.22. The zero-order chi connectivity index (χ0) is 15.2. The minimum Gasteiger partial charge on any atom is -0.166 e. The molecule has 0 fully saturated rings. The summed E-state index contributed by atoms with van der Waals surface area (Å²) in [6.45, 7) is 4.18. The van der Waals surface area contributed by atoms with Crippen molar-refractivity contribution in [3.63, 3.8) is 0 Å². The average molecular weight is 288 g/mol. The van der Waals surface area contributed by atoms with Gasteiger partial charge in [-0.2, -0.15) is 13.2 Å². The molecule has 21 heavy (non-hydrogen) atoms. The van der Waals surface area contributed by atoms with E-state index in [-0.39, 0.29) is 0 Å². The van der Waals surface area contributed by atoms with E-state index in [4.69, 9.17) is 0 Å². The van der Waals surface area contributed by atoms with Gasteiger partial charge in [0.15, 0.2) is 0 Å². The van der Waals surface area contributed by atoms with Gasteiger partial charge in [-0.3, -0.25) is 0 Å². The van der Waals surface area contributed by atoms with Gasteiger partial charge in [0, 0.05) is 0 Å². The minimum atomic E-state index is -4.29. The van der Waals surface area contributed by atoms with E-state index >= 15 is 0 Å². The Balaban J connectivity index is 2.09. The summed E-state index contributed by atoms with van der Waals surface area (Å²) in [5, 5.41) is 0.